The highest BCUT2D eigenvalue weighted by Gasteiger charge is 2.11. The van der Waals surface area contributed by atoms with Crippen LogP contribution >= 0.6 is 0 Å². The molecule has 0 aliphatic carbocycles. The molecule has 114 valence electrons. The Labute approximate surface area is 124 Å². The van der Waals surface area contributed by atoms with Crippen LogP contribution in [0.5, 0.6) is 0 Å². The van der Waals surface area contributed by atoms with Gasteiger partial charge in [0, 0.05) is 18.8 Å². The number of nitrogens with two attached hydrogens (primary N) is 1. The summed E-state index contributed by atoms with van der Waals surface area (Å²) in [6, 6.07) is 6.72. The van der Waals surface area contributed by atoms with Gasteiger partial charge in [0.25, 0.3) is 0 Å². The summed E-state index contributed by atoms with van der Waals surface area (Å²) >= 11 is 0. The summed E-state index contributed by atoms with van der Waals surface area (Å²) in [6.45, 7) is 3.56. The average Bonchev–Trinajstić information content (AvgIpc) is 2.96. The number of nitrogens with zero attached hydrogens (tertiary/aromatic N) is 3. The van der Waals surface area contributed by atoms with Gasteiger partial charge in [-0.15, -0.1) is 5.10 Å². The van der Waals surface area contributed by atoms with Crippen molar-refractivity contribution in [1.82, 2.24) is 20.3 Å². The molecule has 0 amide bonds. The van der Waals surface area contributed by atoms with Crippen LogP contribution in [0.4, 0.5) is 0 Å². The molecule has 7 nitrogen and oxygen atoms in total. The van der Waals surface area contributed by atoms with Crippen LogP contribution in [0.25, 0.3) is 0 Å². The summed E-state index contributed by atoms with van der Waals surface area (Å²) in [7, 11) is -3.66. The summed E-state index contributed by atoms with van der Waals surface area (Å²) in [5.74, 6) is 0. The Balaban J connectivity index is 1.87. The first-order valence-electron chi connectivity index (χ1n) is 6.67. The second-order valence-electron chi connectivity index (χ2n) is 4.81. The van der Waals surface area contributed by atoms with Gasteiger partial charge in [0.2, 0.25) is 10.0 Å². The van der Waals surface area contributed by atoms with E-state index in [1.165, 1.54) is 6.07 Å². The van der Waals surface area contributed by atoms with Crippen molar-refractivity contribution in [3.05, 3.63) is 42.2 Å². The SMILES string of the molecule is CC(NCCCn1ccnn1)c1cccc(S(N)(=O)=O)c1. The molecule has 2 aromatic rings. The standard InChI is InChI=1S/C13H19N5O2S/c1-11(15-6-3-8-18-9-7-16-17-18)12-4-2-5-13(10-12)21(14,19)20/h2,4-5,7,9-11,15H,3,6,8H2,1H3,(H2,14,19,20). The maximum atomic E-state index is 11.3. The van der Waals surface area contributed by atoms with Crippen molar-refractivity contribution in [1.29, 1.82) is 0 Å². The summed E-state index contributed by atoms with van der Waals surface area (Å²) < 4.78 is 24.5. The molecule has 0 spiro atoms. The summed E-state index contributed by atoms with van der Waals surface area (Å²) in [6.07, 6.45) is 4.37. The van der Waals surface area contributed by atoms with E-state index in [1.807, 2.05) is 19.2 Å². The van der Waals surface area contributed by atoms with Crippen LogP contribution in [-0.4, -0.2) is 30.0 Å². The highest BCUT2D eigenvalue weighted by molar-refractivity contribution is 7.89. The van der Waals surface area contributed by atoms with Crippen LogP contribution in [0.1, 0.15) is 24.9 Å². The van der Waals surface area contributed by atoms with Gasteiger partial charge in [0.15, 0.2) is 0 Å². The first-order chi connectivity index (χ1) is 9.97. The smallest absolute Gasteiger partial charge is 0.238 e. The van der Waals surface area contributed by atoms with Gasteiger partial charge in [-0.2, -0.15) is 0 Å². The van der Waals surface area contributed by atoms with Crippen LogP contribution in [0.15, 0.2) is 41.6 Å². The number of primary sulfonamides is 1. The molecule has 21 heavy (non-hydrogen) atoms. The fraction of sp³-hybridized carbons (Fsp3) is 0.385. The molecule has 0 saturated carbocycles. The number of aryl methyl sites for hydroxylation is 1. The highest BCUT2D eigenvalue weighted by Crippen LogP contribution is 2.16. The van der Waals surface area contributed by atoms with E-state index >= 15 is 0 Å². The monoisotopic (exact) mass is 309 g/mol. The van der Waals surface area contributed by atoms with Gasteiger partial charge in [-0.1, -0.05) is 17.3 Å². The minimum atomic E-state index is -3.66. The van der Waals surface area contributed by atoms with Gasteiger partial charge in [-0.05, 0) is 37.6 Å². The Morgan fingerprint density at radius 3 is 2.90 bits per heavy atom. The Hall–Kier alpha value is -1.77. The molecule has 1 aromatic carbocycles. The van der Waals surface area contributed by atoms with Crippen molar-refractivity contribution in [2.75, 3.05) is 6.54 Å². The molecule has 0 aliphatic heterocycles. The zero-order valence-corrected chi connectivity index (χ0v) is 12.6. The molecule has 3 N–H and O–H groups in total. The number of benzene rings is 1. The fourth-order valence-corrected chi connectivity index (χ4v) is 2.56. The molecule has 1 heterocycles. The van der Waals surface area contributed by atoms with E-state index in [4.69, 9.17) is 5.14 Å². The topological polar surface area (TPSA) is 103 Å². The molecule has 0 radical (unpaired) electrons. The third-order valence-corrected chi connectivity index (χ3v) is 4.08. The van der Waals surface area contributed by atoms with Gasteiger partial charge in [0.1, 0.15) is 0 Å². The first-order valence-corrected chi connectivity index (χ1v) is 8.22. The molecule has 0 saturated heterocycles. The van der Waals surface area contributed by atoms with Crippen LogP contribution in [0, 0.1) is 0 Å². The molecule has 8 heteroatoms. The number of sulfonamides is 1. The minimum absolute atomic E-state index is 0.0439. The Kier molecular flexibility index (Phi) is 5.05. The van der Waals surface area contributed by atoms with Crippen molar-refractivity contribution in [2.45, 2.75) is 30.8 Å². The molecule has 0 fully saturated rings. The van der Waals surface area contributed by atoms with Crippen LogP contribution in [-0.2, 0) is 16.6 Å². The number of hydrogen-bond acceptors (Lipinski definition) is 5. The maximum absolute atomic E-state index is 11.3. The molecule has 1 unspecified atom stereocenters. The Morgan fingerprint density at radius 1 is 1.43 bits per heavy atom. The number of hydrogen-bond donors (Lipinski definition) is 2. The number of rotatable bonds is 7. The van der Waals surface area contributed by atoms with Crippen molar-refractivity contribution in [3.63, 3.8) is 0 Å². The van der Waals surface area contributed by atoms with Crippen LogP contribution < -0.4 is 10.5 Å². The third kappa shape index (κ3) is 4.62. The molecule has 0 aliphatic rings. The van der Waals surface area contributed by atoms with Gasteiger partial charge in [0.05, 0.1) is 11.1 Å². The minimum Gasteiger partial charge on any atom is -0.310 e. The van der Waals surface area contributed by atoms with E-state index in [9.17, 15) is 8.42 Å². The van der Waals surface area contributed by atoms with Gasteiger partial charge < -0.3 is 5.32 Å². The quantitative estimate of drug-likeness (QED) is 0.732. The van der Waals surface area contributed by atoms with Gasteiger partial charge in [-0.25, -0.2) is 13.6 Å². The lowest BCUT2D eigenvalue weighted by atomic mass is 10.1. The molecular formula is C13H19N5O2S. The van der Waals surface area contributed by atoms with Crippen molar-refractivity contribution >= 4 is 10.0 Å². The fourth-order valence-electron chi connectivity index (χ4n) is 1.99. The maximum Gasteiger partial charge on any atom is 0.238 e. The normalized spacial score (nSPS) is 13.2. The van der Waals surface area contributed by atoms with Crippen molar-refractivity contribution in [3.8, 4) is 0 Å². The summed E-state index contributed by atoms with van der Waals surface area (Å²) in [5, 5.41) is 16.1. The van der Waals surface area contributed by atoms with E-state index in [-0.39, 0.29) is 10.9 Å². The summed E-state index contributed by atoms with van der Waals surface area (Å²) in [4.78, 5) is 0.135. The molecule has 0 bridgehead atoms. The zero-order valence-electron chi connectivity index (χ0n) is 11.8. The lowest BCUT2D eigenvalue weighted by molar-refractivity contribution is 0.499. The molecule has 1 atom stereocenters. The predicted molar refractivity (Wildman–Crippen MR) is 78.9 cm³/mol. The van der Waals surface area contributed by atoms with E-state index in [1.54, 1.807) is 23.0 Å². The van der Waals surface area contributed by atoms with Crippen LogP contribution in [0.2, 0.25) is 0 Å². The first kappa shape index (κ1) is 15.6. The zero-order chi connectivity index (χ0) is 15.3. The average molecular weight is 309 g/mol. The number of aromatic nitrogens is 3. The van der Waals surface area contributed by atoms with Crippen LogP contribution in [0.3, 0.4) is 0 Å². The van der Waals surface area contributed by atoms with E-state index < -0.39 is 10.0 Å². The van der Waals surface area contributed by atoms with Crippen molar-refractivity contribution < 1.29 is 8.42 Å². The second-order valence-corrected chi connectivity index (χ2v) is 6.37. The molecule has 2 rings (SSSR count). The second kappa shape index (κ2) is 6.79. The van der Waals surface area contributed by atoms with E-state index in [0.717, 1.165) is 25.1 Å². The number of nitrogens with one attached hydrogen (secondary N) is 1. The van der Waals surface area contributed by atoms with Crippen molar-refractivity contribution in [2.24, 2.45) is 5.14 Å². The molecule has 1 aromatic heterocycles. The Morgan fingerprint density at radius 2 is 2.24 bits per heavy atom. The lowest BCUT2D eigenvalue weighted by Gasteiger charge is -2.15. The van der Waals surface area contributed by atoms with Gasteiger partial charge >= 0.3 is 0 Å². The van der Waals surface area contributed by atoms with E-state index in [2.05, 4.69) is 15.6 Å². The Bertz CT molecular complexity index is 670. The lowest BCUT2D eigenvalue weighted by Crippen LogP contribution is -2.21. The summed E-state index contributed by atoms with van der Waals surface area (Å²) in [5.41, 5.74) is 0.891. The molecular weight excluding hydrogens is 290 g/mol. The highest BCUT2D eigenvalue weighted by atomic mass is 32.2. The third-order valence-electron chi connectivity index (χ3n) is 3.17. The van der Waals surface area contributed by atoms with Gasteiger partial charge in [-0.3, -0.25) is 4.68 Å². The predicted octanol–water partition coefficient (Wildman–Crippen LogP) is 0.666. The van der Waals surface area contributed by atoms with E-state index in [0.29, 0.717) is 0 Å². The largest absolute Gasteiger partial charge is 0.310 e.